The van der Waals surface area contributed by atoms with Gasteiger partial charge in [0.05, 0.1) is 18.5 Å². The first kappa shape index (κ1) is 17.2. The maximum Gasteiger partial charge on any atom is 0.233 e. The summed E-state index contributed by atoms with van der Waals surface area (Å²) < 4.78 is 34.0. The Morgan fingerprint density at radius 2 is 1.84 bits per heavy atom. The first-order valence-electron chi connectivity index (χ1n) is 6.84. The van der Waals surface area contributed by atoms with Gasteiger partial charge in [-0.1, -0.05) is 13.8 Å². The largest absolute Gasteiger partial charge is 0.381 e. The summed E-state index contributed by atoms with van der Waals surface area (Å²) in [4.78, 5) is 0. The fraction of sp³-hybridized carbons (Fsp3) is 1.00. The topological polar surface area (TPSA) is 52.6 Å². The average Bonchev–Trinajstić information content (AvgIpc) is 2.24. The smallest absolute Gasteiger partial charge is 0.233 e. The second kappa shape index (κ2) is 7.25. The van der Waals surface area contributed by atoms with E-state index in [-0.39, 0.29) is 17.3 Å². The van der Waals surface area contributed by atoms with Crippen molar-refractivity contribution in [1.82, 2.24) is 0 Å². The second-order valence-electron chi connectivity index (χ2n) is 6.05. The van der Waals surface area contributed by atoms with Gasteiger partial charge in [-0.2, -0.15) is 0 Å². The summed E-state index contributed by atoms with van der Waals surface area (Å²) in [6, 6.07) is 0. The van der Waals surface area contributed by atoms with Crippen molar-refractivity contribution in [3.63, 3.8) is 0 Å². The molecule has 0 bridgehead atoms. The Morgan fingerprint density at radius 3 is 2.32 bits per heavy atom. The first-order valence-corrected chi connectivity index (χ1v) is 9.32. The predicted molar refractivity (Wildman–Crippen MR) is 77.0 cm³/mol. The van der Waals surface area contributed by atoms with Crippen LogP contribution in [0.2, 0.25) is 0 Å². The highest BCUT2D eigenvalue weighted by molar-refractivity contribution is 8.13. The van der Waals surface area contributed by atoms with Crippen molar-refractivity contribution in [3.05, 3.63) is 0 Å². The average molecular weight is 313 g/mol. The van der Waals surface area contributed by atoms with E-state index in [0.717, 1.165) is 6.42 Å². The molecule has 1 aliphatic heterocycles. The van der Waals surface area contributed by atoms with Crippen LogP contribution >= 0.6 is 10.7 Å². The summed E-state index contributed by atoms with van der Waals surface area (Å²) in [5.41, 5.74) is -0.385. The minimum atomic E-state index is -3.52. The Balaban J connectivity index is 2.59. The molecule has 19 heavy (non-hydrogen) atoms. The molecule has 0 aromatic carbocycles. The zero-order valence-electron chi connectivity index (χ0n) is 12.0. The van der Waals surface area contributed by atoms with Crippen LogP contribution in [0.1, 0.15) is 40.0 Å². The molecular formula is C13H25ClO4S. The summed E-state index contributed by atoms with van der Waals surface area (Å²) in [6.07, 6.45) is 2.48. The molecule has 0 saturated carbocycles. The van der Waals surface area contributed by atoms with Crippen LogP contribution in [-0.4, -0.2) is 40.1 Å². The van der Waals surface area contributed by atoms with E-state index < -0.39 is 9.05 Å². The van der Waals surface area contributed by atoms with Crippen molar-refractivity contribution in [3.8, 4) is 0 Å². The Bertz CT molecular complexity index is 361. The predicted octanol–water partition coefficient (Wildman–Crippen LogP) is 2.80. The summed E-state index contributed by atoms with van der Waals surface area (Å²) in [6.45, 7) is 7.92. The Morgan fingerprint density at radius 1 is 1.26 bits per heavy atom. The zero-order valence-corrected chi connectivity index (χ0v) is 13.6. The van der Waals surface area contributed by atoms with Crippen LogP contribution in [0.15, 0.2) is 0 Å². The molecule has 1 unspecified atom stereocenters. The van der Waals surface area contributed by atoms with Gasteiger partial charge < -0.3 is 9.47 Å². The van der Waals surface area contributed by atoms with Crippen LogP contribution in [0, 0.1) is 11.3 Å². The highest BCUT2D eigenvalue weighted by Gasteiger charge is 2.37. The maximum absolute atomic E-state index is 11.4. The van der Waals surface area contributed by atoms with Gasteiger partial charge in [-0.3, -0.25) is 0 Å². The van der Waals surface area contributed by atoms with Crippen molar-refractivity contribution >= 4 is 19.7 Å². The molecule has 1 rings (SSSR count). The van der Waals surface area contributed by atoms with Gasteiger partial charge in [0.15, 0.2) is 0 Å². The third-order valence-corrected chi connectivity index (χ3v) is 4.79. The van der Waals surface area contributed by atoms with Crippen LogP contribution < -0.4 is 0 Å². The zero-order chi connectivity index (χ0) is 14.5. The molecule has 0 aromatic rings. The monoisotopic (exact) mass is 312 g/mol. The van der Waals surface area contributed by atoms with Crippen molar-refractivity contribution in [2.24, 2.45) is 11.3 Å². The Kier molecular flexibility index (Phi) is 6.57. The normalized spacial score (nSPS) is 21.5. The molecular weight excluding hydrogens is 288 g/mol. The van der Waals surface area contributed by atoms with Crippen molar-refractivity contribution in [2.75, 3.05) is 25.6 Å². The molecule has 0 aliphatic carbocycles. The lowest BCUT2D eigenvalue weighted by atomic mass is 9.83. The van der Waals surface area contributed by atoms with E-state index in [9.17, 15) is 8.42 Å². The van der Waals surface area contributed by atoms with Crippen LogP contribution in [0.25, 0.3) is 0 Å². The van der Waals surface area contributed by atoms with E-state index in [1.165, 1.54) is 0 Å². The van der Waals surface area contributed by atoms with Crippen LogP contribution in [0.5, 0.6) is 0 Å². The van der Waals surface area contributed by atoms with Gasteiger partial charge in [0, 0.05) is 29.3 Å². The third kappa shape index (κ3) is 6.93. The Labute approximate surface area is 121 Å². The van der Waals surface area contributed by atoms with Gasteiger partial charge in [0.2, 0.25) is 9.05 Å². The first-order chi connectivity index (χ1) is 8.72. The number of ether oxygens (including phenoxy) is 2. The van der Waals surface area contributed by atoms with Crippen LogP contribution in [0.4, 0.5) is 0 Å². The highest BCUT2D eigenvalue weighted by atomic mass is 35.7. The lowest BCUT2D eigenvalue weighted by Crippen LogP contribution is -2.40. The van der Waals surface area contributed by atoms with E-state index in [0.29, 0.717) is 38.6 Å². The van der Waals surface area contributed by atoms with E-state index >= 15 is 0 Å². The summed E-state index contributed by atoms with van der Waals surface area (Å²) >= 11 is 0. The van der Waals surface area contributed by atoms with Gasteiger partial charge in [-0.15, -0.1) is 0 Å². The fourth-order valence-electron chi connectivity index (χ4n) is 2.55. The molecule has 1 aliphatic rings. The molecule has 1 fully saturated rings. The number of hydrogen-bond acceptors (Lipinski definition) is 4. The molecule has 1 atom stereocenters. The highest BCUT2D eigenvalue weighted by Crippen LogP contribution is 2.34. The van der Waals surface area contributed by atoms with E-state index in [2.05, 4.69) is 13.8 Å². The summed E-state index contributed by atoms with van der Waals surface area (Å²) in [5, 5.41) is 0. The molecule has 1 heterocycles. The van der Waals surface area contributed by atoms with Crippen molar-refractivity contribution in [1.29, 1.82) is 0 Å². The lowest BCUT2D eigenvalue weighted by Gasteiger charge is -2.36. The molecule has 0 radical (unpaired) electrons. The SMILES string of the molecule is CC(C)CC(C)OCC1(CS(=O)(=O)Cl)CCOCC1. The van der Waals surface area contributed by atoms with E-state index in [4.69, 9.17) is 20.2 Å². The quantitative estimate of drug-likeness (QED) is 0.678. The fourth-order valence-corrected chi connectivity index (χ4v) is 4.35. The molecule has 114 valence electrons. The third-order valence-electron chi connectivity index (χ3n) is 3.51. The second-order valence-corrected chi connectivity index (χ2v) is 8.82. The molecule has 0 N–H and O–H groups in total. The number of rotatable bonds is 7. The minimum absolute atomic E-state index is 0.0285. The van der Waals surface area contributed by atoms with E-state index in [1.807, 2.05) is 6.92 Å². The van der Waals surface area contributed by atoms with Gasteiger partial charge >= 0.3 is 0 Å². The number of hydrogen-bond donors (Lipinski definition) is 0. The Hall–Kier alpha value is 0.160. The molecule has 6 heteroatoms. The standard InChI is InChI=1S/C13H25ClO4S/c1-11(2)8-12(3)18-9-13(10-19(14,15)16)4-6-17-7-5-13/h11-12H,4-10H2,1-3H3. The van der Waals surface area contributed by atoms with Gasteiger partial charge in [0.25, 0.3) is 0 Å². The lowest BCUT2D eigenvalue weighted by molar-refractivity contribution is -0.0524. The van der Waals surface area contributed by atoms with Crippen molar-refractivity contribution in [2.45, 2.75) is 46.1 Å². The van der Waals surface area contributed by atoms with Gasteiger partial charge in [-0.05, 0) is 32.1 Å². The molecule has 0 amide bonds. The summed E-state index contributed by atoms with van der Waals surface area (Å²) in [7, 11) is 1.92. The molecule has 4 nitrogen and oxygen atoms in total. The maximum atomic E-state index is 11.4. The minimum Gasteiger partial charge on any atom is -0.381 e. The van der Waals surface area contributed by atoms with E-state index in [1.54, 1.807) is 0 Å². The van der Waals surface area contributed by atoms with Gasteiger partial charge in [-0.25, -0.2) is 8.42 Å². The molecule has 0 spiro atoms. The molecule has 1 saturated heterocycles. The van der Waals surface area contributed by atoms with Crippen LogP contribution in [-0.2, 0) is 18.5 Å². The number of halogens is 1. The van der Waals surface area contributed by atoms with Crippen LogP contribution in [0.3, 0.4) is 0 Å². The molecule has 0 aromatic heterocycles. The van der Waals surface area contributed by atoms with Crippen molar-refractivity contribution < 1.29 is 17.9 Å². The van der Waals surface area contributed by atoms with Gasteiger partial charge in [0.1, 0.15) is 0 Å². The summed E-state index contributed by atoms with van der Waals surface area (Å²) in [5.74, 6) is 0.539.